The van der Waals surface area contributed by atoms with Crippen molar-refractivity contribution >= 4 is 39.2 Å². The normalized spacial score (nSPS) is 27.9. The standard InChI is InChI=1S/C27H33BrN2O2S/c1-32-24-4-2-3-20(13-24)27-11-12-30(16-19-5-6-19)17-21(27)7-8-23(15-27)29-26(31)10-9-25-14-22(28)18-33-25/h2-4,9-10,13-14,18-19,21,23H,5-8,11-12,15-17H2,1H3,(H,29,31)/b10-9+/t21-,23+,27+/m1/s1. The van der Waals surface area contributed by atoms with Crippen molar-refractivity contribution < 1.29 is 9.53 Å². The number of nitrogens with one attached hydrogen (secondary N) is 1. The molecular weight excluding hydrogens is 496 g/mol. The summed E-state index contributed by atoms with van der Waals surface area (Å²) in [7, 11) is 1.74. The van der Waals surface area contributed by atoms with Crippen LogP contribution in [0.3, 0.4) is 0 Å². The predicted octanol–water partition coefficient (Wildman–Crippen LogP) is 5.87. The molecule has 1 N–H and O–H groups in total. The molecule has 3 atom stereocenters. The van der Waals surface area contributed by atoms with Crippen molar-refractivity contribution in [3.63, 3.8) is 0 Å². The number of benzene rings is 1. The van der Waals surface area contributed by atoms with Crippen LogP contribution in [0.2, 0.25) is 0 Å². The fourth-order valence-corrected chi connectivity index (χ4v) is 7.26. The molecule has 1 amide bonds. The van der Waals surface area contributed by atoms with E-state index in [1.807, 2.05) is 23.6 Å². The summed E-state index contributed by atoms with van der Waals surface area (Å²) in [4.78, 5) is 16.5. The Morgan fingerprint density at radius 3 is 2.94 bits per heavy atom. The zero-order valence-electron chi connectivity index (χ0n) is 19.3. The summed E-state index contributed by atoms with van der Waals surface area (Å²) in [6, 6.07) is 10.9. The lowest BCUT2D eigenvalue weighted by Crippen LogP contribution is -2.56. The van der Waals surface area contributed by atoms with Gasteiger partial charge in [-0.1, -0.05) is 12.1 Å². The molecule has 33 heavy (non-hydrogen) atoms. The largest absolute Gasteiger partial charge is 0.497 e. The Balaban J connectivity index is 1.32. The molecule has 2 aromatic rings. The highest BCUT2D eigenvalue weighted by atomic mass is 79.9. The molecule has 0 radical (unpaired) electrons. The Hall–Kier alpha value is -1.63. The number of carbonyl (C=O) groups excluding carboxylic acids is 1. The Labute approximate surface area is 209 Å². The molecule has 1 aromatic carbocycles. The van der Waals surface area contributed by atoms with Crippen molar-refractivity contribution in [1.29, 1.82) is 0 Å². The number of rotatable bonds is 7. The lowest BCUT2D eigenvalue weighted by atomic mass is 9.58. The number of nitrogens with zero attached hydrogens (tertiary/aromatic N) is 1. The van der Waals surface area contributed by atoms with Gasteiger partial charge >= 0.3 is 0 Å². The molecule has 1 saturated heterocycles. The molecule has 6 heteroatoms. The number of thiophene rings is 1. The van der Waals surface area contributed by atoms with Crippen LogP contribution in [0.5, 0.6) is 5.75 Å². The van der Waals surface area contributed by atoms with E-state index < -0.39 is 0 Å². The molecule has 1 aliphatic heterocycles. The number of hydrogen-bond donors (Lipinski definition) is 1. The Morgan fingerprint density at radius 1 is 1.30 bits per heavy atom. The van der Waals surface area contributed by atoms with Gasteiger partial charge in [-0.2, -0.15) is 0 Å². The predicted molar refractivity (Wildman–Crippen MR) is 139 cm³/mol. The summed E-state index contributed by atoms with van der Waals surface area (Å²) in [6.07, 6.45) is 10.8. The molecule has 2 aliphatic carbocycles. The van der Waals surface area contributed by atoms with Gasteiger partial charge in [0.15, 0.2) is 0 Å². The van der Waals surface area contributed by atoms with Gasteiger partial charge in [0, 0.05) is 45.4 Å². The topological polar surface area (TPSA) is 41.6 Å². The molecule has 2 heterocycles. The minimum atomic E-state index is 0.00920. The van der Waals surface area contributed by atoms with Gasteiger partial charge in [0.2, 0.25) is 5.91 Å². The molecule has 4 nitrogen and oxygen atoms in total. The van der Waals surface area contributed by atoms with E-state index in [4.69, 9.17) is 4.74 Å². The van der Waals surface area contributed by atoms with Gasteiger partial charge in [0.1, 0.15) is 5.75 Å². The first-order chi connectivity index (χ1) is 16.0. The highest BCUT2D eigenvalue weighted by Crippen LogP contribution is 2.50. The van der Waals surface area contributed by atoms with Crippen molar-refractivity contribution in [3.8, 4) is 5.75 Å². The average Bonchev–Trinajstić information content (AvgIpc) is 3.55. The lowest BCUT2D eigenvalue weighted by molar-refractivity contribution is -0.117. The van der Waals surface area contributed by atoms with E-state index in [0.29, 0.717) is 5.92 Å². The smallest absolute Gasteiger partial charge is 0.244 e. The fourth-order valence-electron chi connectivity index (χ4n) is 5.93. The summed E-state index contributed by atoms with van der Waals surface area (Å²) in [5, 5.41) is 5.36. The number of amides is 1. The molecule has 176 valence electrons. The molecule has 0 unspecified atom stereocenters. The monoisotopic (exact) mass is 528 g/mol. The van der Waals surface area contributed by atoms with E-state index in [-0.39, 0.29) is 17.4 Å². The molecule has 3 fully saturated rings. The van der Waals surface area contributed by atoms with Crippen LogP contribution in [0.4, 0.5) is 0 Å². The average molecular weight is 530 g/mol. The van der Waals surface area contributed by atoms with E-state index in [0.717, 1.165) is 53.2 Å². The zero-order chi connectivity index (χ0) is 22.8. The summed E-state index contributed by atoms with van der Waals surface area (Å²) in [5.41, 5.74) is 1.49. The van der Waals surface area contributed by atoms with Crippen molar-refractivity contribution in [1.82, 2.24) is 10.2 Å². The zero-order valence-corrected chi connectivity index (χ0v) is 21.7. The van der Waals surface area contributed by atoms with E-state index in [9.17, 15) is 4.79 Å². The number of methoxy groups -OCH3 is 1. The Morgan fingerprint density at radius 2 is 2.18 bits per heavy atom. The maximum Gasteiger partial charge on any atom is 0.244 e. The lowest BCUT2D eigenvalue weighted by Gasteiger charge is -2.53. The highest BCUT2D eigenvalue weighted by Gasteiger charge is 2.48. The Kier molecular flexibility index (Phi) is 6.96. The van der Waals surface area contributed by atoms with Crippen LogP contribution in [0.25, 0.3) is 6.08 Å². The van der Waals surface area contributed by atoms with Gasteiger partial charge in [0.25, 0.3) is 0 Å². The SMILES string of the molecule is COc1cccc([C@@]23CCN(CC4CC4)C[C@H]2CC[C@H](NC(=O)/C=C/c2cc(Br)cs2)C3)c1. The molecule has 0 spiro atoms. The summed E-state index contributed by atoms with van der Waals surface area (Å²) >= 11 is 5.10. The van der Waals surface area contributed by atoms with Crippen LogP contribution in [0.1, 0.15) is 49.0 Å². The van der Waals surface area contributed by atoms with Gasteiger partial charge < -0.3 is 15.0 Å². The number of likely N-dealkylation sites (tertiary alicyclic amines) is 1. The molecule has 3 aliphatic rings. The first-order valence-corrected chi connectivity index (χ1v) is 13.8. The van der Waals surface area contributed by atoms with Crippen molar-refractivity contribution in [2.24, 2.45) is 11.8 Å². The van der Waals surface area contributed by atoms with Gasteiger partial charge in [-0.3, -0.25) is 4.79 Å². The summed E-state index contributed by atoms with van der Waals surface area (Å²) < 4.78 is 6.63. The van der Waals surface area contributed by atoms with Crippen LogP contribution in [-0.4, -0.2) is 43.6 Å². The quantitative estimate of drug-likeness (QED) is 0.456. The molecule has 0 bridgehead atoms. The number of halogens is 1. The second kappa shape index (κ2) is 9.93. The first-order valence-electron chi connectivity index (χ1n) is 12.1. The number of fused-ring (bicyclic) bond motifs is 1. The fraction of sp³-hybridized carbons (Fsp3) is 0.519. The number of piperidine rings is 1. The van der Waals surface area contributed by atoms with Crippen molar-refractivity contribution in [2.45, 2.75) is 50.0 Å². The van der Waals surface area contributed by atoms with E-state index in [1.54, 1.807) is 24.5 Å². The van der Waals surface area contributed by atoms with Gasteiger partial charge in [-0.05, 0) is 103 Å². The maximum absolute atomic E-state index is 12.7. The van der Waals surface area contributed by atoms with Crippen molar-refractivity contribution in [2.75, 3.05) is 26.7 Å². The molecule has 2 saturated carbocycles. The summed E-state index contributed by atoms with van der Waals surface area (Å²) in [6.45, 7) is 3.61. The van der Waals surface area contributed by atoms with Crippen LogP contribution in [-0.2, 0) is 10.2 Å². The number of hydrogen-bond acceptors (Lipinski definition) is 4. The molecule has 1 aromatic heterocycles. The maximum atomic E-state index is 12.7. The highest BCUT2D eigenvalue weighted by molar-refractivity contribution is 9.10. The van der Waals surface area contributed by atoms with E-state index >= 15 is 0 Å². The minimum Gasteiger partial charge on any atom is -0.497 e. The van der Waals surface area contributed by atoms with Crippen molar-refractivity contribution in [3.05, 3.63) is 56.7 Å². The Bertz CT molecular complexity index is 1020. The summed E-state index contributed by atoms with van der Waals surface area (Å²) in [5.74, 6) is 2.50. The van der Waals surface area contributed by atoms with Gasteiger partial charge in [0.05, 0.1) is 7.11 Å². The first kappa shape index (κ1) is 23.1. The van der Waals surface area contributed by atoms with E-state index in [1.165, 1.54) is 31.5 Å². The minimum absolute atomic E-state index is 0.00920. The van der Waals surface area contributed by atoms with E-state index in [2.05, 4.69) is 44.3 Å². The third-order valence-corrected chi connectivity index (χ3v) is 9.46. The second-order valence-electron chi connectivity index (χ2n) is 10.0. The second-order valence-corrected chi connectivity index (χ2v) is 11.9. The van der Waals surface area contributed by atoms with Crippen LogP contribution in [0.15, 0.2) is 46.3 Å². The molecule has 5 rings (SSSR count). The van der Waals surface area contributed by atoms with Gasteiger partial charge in [-0.25, -0.2) is 0 Å². The molecular formula is C27H33BrN2O2S. The number of ether oxygens (including phenoxy) is 1. The number of carbonyl (C=O) groups is 1. The van der Waals surface area contributed by atoms with Crippen LogP contribution in [0, 0.1) is 11.8 Å². The van der Waals surface area contributed by atoms with Gasteiger partial charge in [-0.15, -0.1) is 11.3 Å². The third kappa shape index (κ3) is 5.39. The third-order valence-electron chi connectivity index (χ3n) is 7.80. The van der Waals surface area contributed by atoms with Crippen LogP contribution >= 0.6 is 27.3 Å². The van der Waals surface area contributed by atoms with Crippen LogP contribution < -0.4 is 10.1 Å².